The molecule has 0 aromatic heterocycles. The summed E-state index contributed by atoms with van der Waals surface area (Å²) in [7, 11) is -4.43. The third kappa shape index (κ3) is 2.65. The first-order valence-electron chi connectivity index (χ1n) is 8.36. The second-order valence-electron chi connectivity index (χ2n) is 6.67. The fraction of sp³-hybridized carbons (Fsp3) is 0. The van der Waals surface area contributed by atoms with Crippen LogP contribution >= 0.6 is 11.6 Å². The lowest BCUT2D eigenvalue weighted by atomic mass is 9.97. The summed E-state index contributed by atoms with van der Waals surface area (Å²) >= 11 is 6.06. The third-order valence-electron chi connectivity index (χ3n) is 4.96. The average Bonchev–Trinajstić information content (AvgIpc) is 2.62. The number of fused-ring (bicyclic) bond motifs is 4. The van der Waals surface area contributed by atoms with E-state index in [1.807, 2.05) is 24.3 Å². The first-order valence-corrected chi connectivity index (χ1v) is 10.2. The highest BCUT2D eigenvalue weighted by Crippen LogP contribution is 2.35. The van der Waals surface area contributed by atoms with E-state index in [-0.39, 0.29) is 9.92 Å². The van der Waals surface area contributed by atoms with Crippen LogP contribution < -0.4 is 0 Å². The van der Waals surface area contributed by atoms with Gasteiger partial charge in [0.15, 0.2) is 0 Å². The molecule has 0 saturated heterocycles. The summed E-state index contributed by atoms with van der Waals surface area (Å²) < 4.78 is 33.3. The van der Waals surface area contributed by atoms with Crippen molar-refractivity contribution >= 4 is 64.8 Å². The standard InChI is InChI=1S/C22H13ClO3S/c23-21-6-5-15-9-18-10-16-7-13-3-1-2-4-14(13)8-17(16)11-19(18)12-20(15)22(21)27(24,25)26/h1-12H,(H,24,25,26). The maximum absolute atomic E-state index is 11.8. The van der Waals surface area contributed by atoms with Crippen LogP contribution in [0, 0.1) is 0 Å². The molecule has 5 heteroatoms. The van der Waals surface area contributed by atoms with Crippen molar-refractivity contribution in [3.05, 3.63) is 77.8 Å². The van der Waals surface area contributed by atoms with Crippen molar-refractivity contribution in [2.45, 2.75) is 4.90 Å². The van der Waals surface area contributed by atoms with E-state index in [0.717, 1.165) is 26.9 Å². The van der Waals surface area contributed by atoms with Crippen molar-refractivity contribution in [2.24, 2.45) is 0 Å². The van der Waals surface area contributed by atoms with Gasteiger partial charge < -0.3 is 0 Å². The molecular weight excluding hydrogens is 380 g/mol. The summed E-state index contributed by atoms with van der Waals surface area (Å²) in [6.07, 6.45) is 0. The number of rotatable bonds is 1. The Labute approximate surface area is 160 Å². The van der Waals surface area contributed by atoms with Crippen molar-refractivity contribution in [1.29, 1.82) is 0 Å². The molecule has 0 heterocycles. The molecule has 0 fully saturated rings. The second-order valence-corrected chi connectivity index (χ2v) is 8.44. The van der Waals surface area contributed by atoms with Gasteiger partial charge in [0, 0.05) is 5.39 Å². The monoisotopic (exact) mass is 392 g/mol. The van der Waals surface area contributed by atoms with Gasteiger partial charge in [0.05, 0.1) is 5.02 Å². The van der Waals surface area contributed by atoms with Crippen LogP contribution in [0.1, 0.15) is 0 Å². The third-order valence-corrected chi connectivity index (χ3v) is 6.34. The quantitative estimate of drug-likeness (QED) is 0.273. The van der Waals surface area contributed by atoms with Gasteiger partial charge in [-0.3, -0.25) is 4.55 Å². The largest absolute Gasteiger partial charge is 0.296 e. The van der Waals surface area contributed by atoms with Crippen molar-refractivity contribution in [2.75, 3.05) is 0 Å². The smallest absolute Gasteiger partial charge is 0.282 e. The zero-order chi connectivity index (χ0) is 18.8. The van der Waals surface area contributed by atoms with Gasteiger partial charge in [-0.2, -0.15) is 8.42 Å². The Balaban J connectivity index is 1.92. The molecule has 0 radical (unpaired) electrons. The summed E-state index contributed by atoms with van der Waals surface area (Å²) in [5.41, 5.74) is 0. The van der Waals surface area contributed by atoms with E-state index in [1.54, 1.807) is 12.1 Å². The molecule has 0 saturated carbocycles. The maximum Gasteiger partial charge on any atom is 0.296 e. The summed E-state index contributed by atoms with van der Waals surface area (Å²) in [6, 6.07) is 23.5. The van der Waals surface area contributed by atoms with E-state index in [4.69, 9.17) is 11.6 Å². The molecule has 0 aliphatic carbocycles. The van der Waals surface area contributed by atoms with Gasteiger partial charge in [0.1, 0.15) is 4.90 Å². The lowest BCUT2D eigenvalue weighted by Crippen LogP contribution is -2.00. The van der Waals surface area contributed by atoms with Crippen molar-refractivity contribution in [3.8, 4) is 0 Å². The molecule has 5 rings (SSSR count). The minimum Gasteiger partial charge on any atom is -0.282 e. The van der Waals surface area contributed by atoms with E-state index in [9.17, 15) is 13.0 Å². The van der Waals surface area contributed by atoms with Gasteiger partial charge in [-0.1, -0.05) is 41.9 Å². The van der Waals surface area contributed by atoms with Gasteiger partial charge >= 0.3 is 0 Å². The Bertz CT molecular complexity index is 1500. The Morgan fingerprint density at radius 2 is 1.11 bits per heavy atom. The molecule has 0 aliphatic heterocycles. The minimum atomic E-state index is -4.43. The predicted molar refractivity (Wildman–Crippen MR) is 111 cm³/mol. The first kappa shape index (κ1) is 16.5. The molecule has 0 unspecified atom stereocenters. The number of hydrogen-bond donors (Lipinski definition) is 1. The molecule has 1 N–H and O–H groups in total. The Morgan fingerprint density at radius 3 is 1.67 bits per heavy atom. The lowest BCUT2D eigenvalue weighted by Gasteiger charge is -2.10. The lowest BCUT2D eigenvalue weighted by molar-refractivity contribution is 0.484. The zero-order valence-electron chi connectivity index (χ0n) is 14.0. The summed E-state index contributed by atoms with van der Waals surface area (Å²) in [4.78, 5) is -0.248. The van der Waals surface area contributed by atoms with Crippen molar-refractivity contribution < 1.29 is 13.0 Å². The fourth-order valence-corrected chi connectivity index (χ4v) is 4.95. The van der Waals surface area contributed by atoms with Gasteiger partial charge in [-0.05, 0) is 80.2 Å². The predicted octanol–water partition coefficient (Wildman–Crippen LogP) is 6.20. The van der Waals surface area contributed by atoms with Gasteiger partial charge in [-0.25, -0.2) is 0 Å². The molecule has 3 nitrogen and oxygen atoms in total. The molecule has 0 atom stereocenters. The molecule has 0 bridgehead atoms. The van der Waals surface area contributed by atoms with Crippen LogP contribution in [-0.2, 0) is 10.1 Å². The highest BCUT2D eigenvalue weighted by atomic mass is 35.5. The molecule has 0 amide bonds. The second kappa shape index (κ2) is 5.67. The van der Waals surface area contributed by atoms with Crippen LogP contribution in [0.2, 0.25) is 5.02 Å². The van der Waals surface area contributed by atoms with Gasteiger partial charge in [0.2, 0.25) is 0 Å². The Morgan fingerprint density at radius 1 is 0.630 bits per heavy atom. The van der Waals surface area contributed by atoms with E-state index in [2.05, 4.69) is 30.3 Å². The first-order chi connectivity index (χ1) is 12.9. The Hall–Kier alpha value is -2.66. The maximum atomic E-state index is 11.8. The van der Waals surface area contributed by atoms with E-state index >= 15 is 0 Å². The Kier molecular flexibility index (Phi) is 3.46. The highest BCUT2D eigenvalue weighted by Gasteiger charge is 2.19. The number of benzene rings is 5. The molecular formula is C22H13ClO3S. The van der Waals surface area contributed by atoms with Crippen LogP contribution in [0.5, 0.6) is 0 Å². The molecule has 0 spiro atoms. The van der Waals surface area contributed by atoms with E-state index < -0.39 is 10.1 Å². The molecule has 0 aliphatic rings. The van der Waals surface area contributed by atoms with Crippen LogP contribution in [0.15, 0.2) is 77.7 Å². The van der Waals surface area contributed by atoms with Crippen molar-refractivity contribution in [3.63, 3.8) is 0 Å². The SMILES string of the molecule is O=S(=O)(O)c1c(Cl)ccc2cc3cc4cc5ccccc5cc4cc3cc12. The fourth-order valence-electron chi connectivity index (χ4n) is 3.73. The average molecular weight is 393 g/mol. The van der Waals surface area contributed by atoms with Gasteiger partial charge in [-0.15, -0.1) is 0 Å². The molecule has 5 aromatic carbocycles. The number of halogens is 1. The van der Waals surface area contributed by atoms with Crippen LogP contribution in [-0.4, -0.2) is 13.0 Å². The highest BCUT2D eigenvalue weighted by molar-refractivity contribution is 7.86. The van der Waals surface area contributed by atoms with Crippen LogP contribution in [0.4, 0.5) is 0 Å². The summed E-state index contributed by atoms with van der Waals surface area (Å²) in [6.45, 7) is 0. The van der Waals surface area contributed by atoms with Crippen molar-refractivity contribution in [1.82, 2.24) is 0 Å². The topological polar surface area (TPSA) is 54.4 Å². The molecule has 132 valence electrons. The molecule has 27 heavy (non-hydrogen) atoms. The van der Waals surface area contributed by atoms with E-state index in [0.29, 0.717) is 10.8 Å². The van der Waals surface area contributed by atoms with Crippen LogP contribution in [0.25, 0.3) is 43.1 Å². The normalized spacial score (nSPS) is 12.4. The van der Waals surface area contributed by atoms with E-state index in [1.165, 1.54) is 11.5 Å². The number of hydrogen-bond acceptors (Lipinski definition) is 2. The summed E-state index contributed by atoms with van der Waals surface area (Å²) in [5.74, 6) is 0. The zero-order valence-corrected chi connectivity index (χ0v) is 15.6. The van der Waals surface area contributed by atoms with Gasteiger partial charge in [0.25, 0.3) is 10.1 Å². The minimum absolute atomic E-state index is 0.0103. The molecule has 5 aromatic rings. The van der Waals surface area contributed by atoms with Crippen LogP contribution in [0.3, 0.4) is 0 Å². The summed E-state index contributed by atoms with van der Waals surface area (Å²) in [5, 5.41) is 7.51.